The van der Waals surface area contributed by atoms with E-state index in [1.54, 1.807) is 6.07 Å². The standard InChI is InChI=1S/C29H35F2N3O4/c1-4-19-8-7-9-20(10-19)17-34(18-27(35)25(32)13-21-11-22(30)14-23(31)12-21)29(36)26-15-24(37-5-2)16-28(33-26)38-6-3/h7-12,14-16,25,27,35H,4-6,13,17-18,32H2,1-3H3. The number of amides is 1. The summed E-state index contributed by atoms with van der Waals surface area (Å²) in [5.41, 5.74) is 8.60. The number of halogens is 2. The van der Waals surface area contributed by atoms with E-state index in [2.05, 4.69) is 4.98 Å². The van der Waals surface area contributed by atoms with Gasteiger partial charge >= 0.3 is 0 Å². The second kappa shape index (κ2) is 13.8. The van der Waals surface area contributed by atoms with E-state index in [4.69, 9.17) is 15.2 Å². The van der Waals surface area contributed by atoms with Crippen LogP contribution in [0.5, 0.6) is 11.6 Å². The number of aromatic nitrogens is 1. The normalized spacial score (nSPS) is 12.6. The lowest BCUT2D eigenvalue weighted by Crippen LogP contribution is -2.46. The van der Waals surface area contributed by atoms with Gasteiger partial charge in [0.1, 0.15) is 23.1 Å². The van der Waals surface area contributed by atoms with Crippen molar-refractivity contribution in [2.75, 3.05) is 19.8 Å². The van der Waals surface area contributed by atoms with Crippen LogP contribution < -0.4 is 15.2 Å². The van der Waals surface area contributed by atoms with Crippen molar-refractivity contribution in [1.29, 1.82) is 0 Å². The largest absolute Gasteiger partial charge is 0.494 e. The predicted molar refractivity (Wildman–Crippen MR) is 141 cm³/mol. The molecule has 3 N–H and O–H groups in total. The fourth-order valence-electron chi connectivity index (χ4n) is 4.11. The Morgan fingerprint density at radius 2 is 1.66 bits per heavy atom. The SMILES string of the molecule is CCOc1cc(OCC)nc(C(=O)N(Cc2cccc(CC)c2)CC(O)C(N)Cc2cc(F)cc(F)c2)c1. The van der Waals surface area contributed by atoms with Crippen LogP contribution in [0.1, 0.15) is 48.0 Å². The third kappa shape index (κ3) is 8.22. The van der Waals surface area contributed by atoms with Crippen molar-refractivity contribution in [1.82, 2.24) is 9.88 Å². The predicted octanol–water partition coefficient (Wildman–Crippen LogP) is 4.29. The maximum atomic E-state index is 13.7. The molecule has 1 amide bonds. The number of ether oxygens (including phenoxy) is 2. The van der Waals surface area contributed by atoms with Crippen molar-refractivity contribution in [2.24, 2.45) is 5.73 Å². The van der Waals surface area contributed by atoms with Crippen LogP contribution in [0.25, 0.3) is 0 Å². The molecule has 2 atom stereocenters. The summed E-state index contributed by atoms with van der Waals surface area (Å²) in [5.74, 6) is -1.20. The van der Waals surface area contributed by atoms with Crippen molar-refractivity contribution in [3.05, 3.63) is 88.6 Å². The Kier molecular flexibility index (Phi) is 10.6. The minimum atomic E-state index is -1.18. The van der Waals surface area contributed by atoms with E-state index in [0.29, 0.717) is 24.5 Å². The van der Waals surface area contributed by atoms with Crippen LogP contribution in [0.3, 0.4) is 0 Å². The summed E-state index contributed by atoms with van der Waals surface area (Å²) in [6, 6.07) is 13.2. The lowest BCUT2D eigenvalue weighted by atomic mass is 10.0. The zero-order chi connectivity index (χ0) is 27.7. The monoisotopic (exact) mass is 527 g/mol. The molecule has 7 nitrogen and oxygen atoms in total. The lowest BCUT2D eigenvalue weighted by molar-refractivity contribution is 0.0548. The first-order chi connectivity index (χ1) is 18.2. The number of aliphatic hydroxyl groups is 1. The van der Waals surface area contributed by atoms with Crippen molar-refractivity contribution < 1.29 is 28.2 Å². The van der Waals surface area contributed by atoms with E-state index in [9.17, 15) is 18.7 Å². The molecule has 2 unspecified atom stereocenters. The van der Waals surface area contributed by atoms with Gasteiger partial charge in [0, 0.05) is 37.3 Å². The zero-order valence-corrected chi connectivity index (χ0v) is 22.0. The summed E-state index contributed by atoms with van der Waals surface area (Å²) in [6.07, 6.45) is -0.327. The molecule has 0 spiro atoms. The highest BCUT2D eigenvalue weighted by Crippen LogP contribution is 2.22. The zero-order valence-electron chi connectivity index (χ0n) is 22.0. The van der Waals surface area contributed by atoms with Crippen LogP contribution in [0, 0.1) is 11.6 Å². The van der Waals surface area contributed by atoms with Gasteiger partial charge in [0.25, 0.3) is 5.91 Å². The minimum absolute atomic E-state index is 0.0236. The molecular weight excluding hydrogens is 492 g/mol. The molecule has 1 heterocycles. The van der Waals surface area contributed by atoms with E-state index in [1.807, 2.05) is 45.0 Å². The fourth-order valence-corrected chi connectivity index (χ4v) is 4.11. The molecule has 0 fully saturated rings. The third-order valence-corrected chi connectivity index (χ3v) is 5.95. The molecule has 0 bridgehead atoms. The molecule has 38 heavy (non-hydrogen) atoms. The topological polar surface area (TPSA) is 97.9 Å². The van der Waals surface area contributed by atoms with E-state index in [1.165, 1.54) is 23.1 Å². The Morgan fingerprint density at radius 3 is 2.32 bits per heavy atom. The number of aliphatic hydroxyl groups excluding tert-OH is 1. The van der Waals surface area contributed by atoms with Gasteiger partial charge in [-0.05, 0) is 55.5 Å². The first kappa shape index (κ1) is 29.0. The first-order valence-electron chi connectivity index (χ1n) is 12.8. The minimum Gasteiger partial charge on any atom is -0.494 e. The van der Waals surface area contributed by atoms with Crippen molar-refractivity contribution in [3.63, 3.8) is 0 Å². The van der Waals surface area contributed by atoms with Crippen LogP contribution in [-0.4, -0.2) is 52.8 Å². The quantitative estimate of drug-likeness (QED) is 0.344. The molecule has 0 radical (unpaired) electrons. The van der Waals surface area contributed by atoms with Crippen LogP contribution in [0.15, 0.2) is 54.6 Å². The van der Waals surface area contributed by atoms with Crippen molar-refractivity contribution >= 4 is 5.91 Å². The molecule has 0 aliphatic heterocycles. The molecular formula is C29H35F2N3O4. The second-order valence-electron chi connectivity index (χ2n) is 8.96. The van der Waals surface area contributed by atoms with Gasteiger partial charge < -0.3 is 25.2 Å². The number of benzene rings is 2. The third-order valence-electron chi connectivity index (χ3n) is 5.95. The number of carbonyl (C=O) groups excluding carboxylic acids is 1. The molecule has 0 saturated carbocycles. The Labute approximate surface area is 222 Å². The Bertz CT molecular complexity index is 1180. The van der Waals surface area contributed by atoms with Gasteiger partial charge in [-0.1, -0.05) is 31.2 Å². The van der Waals surface area contributed by atoms with E-state index in [0.717, 1.165) is 23.6 Å². The number of hydrogen-bond acceptors (Lipinski definition) is 6. The summed E-state index contributed by atoms with van der Waals surface area (Å²) in [7, 11) is 0. The van der Waals surface area contributed by atoms with Crippen molar-refractivity contribution in [2.45, 2.75) is 52.3 Å². The smallest absolute Gasteiger partial charge is 0.273 e. The number of aryl methyl sites for hydroxylation is 1. The average molecular weight is 528 g/mol. The number of pyridine rings is 1. The van der Waals surface area contributed by atoms with Crippen LogP contribution in [0.4, 0.5) is 8.78 Å². The maximum Gasteiger partial charge on any atom is 0.273 e. The lowest BCUT2D eigenvalue weighted by Gasteiger charge is -2.28. The van der Waals surface area contributed by atoms with Crippen LogP contribution in [0.2, 0.25) is 0 Å². The Balaban J connectivity index is 1.89. The van der Waals surface area contributed by atoms with E-state index < -0.39 is 29.7 Å². The maximum absolute atomic E-state index is 13.7. The fraction of sp³-hybridized carbons (Fsp3) is 0.379. The summed E-state index contributed by atoms with van der Waals surface area (Å²) in [4.78, 5) is 19.5. The van der Waals surface area contributed by atoms with Gasteiger partial charge in [-0.25, -0.2) is 13.8 Å². The Hall–Kier alpha value is -3.56. The highest BCUT2D eigenvalue weighted by atomic mass is 19.1. The molecule has 3 rings (SSSR count). The highest BCUT2D eigenvalue weighted by molar-refractivity contribution is 5.93. The molecule has 0 aliphatic rings. The number of hydrogen-bond donors (Lipinski definition) is 2. The van der Waals surface area contributed by atoms with Gasteiger partial charge in [0.2, 0.25) is 5.88 Å². The highest BCUT2D eigenvalue weighted by Gasteiger charge is 2.26. The molecule has 0 aliphatic carbocycles. The first-order valence-corrected chi connectivity index (χ1v) is 12.8. The summed E-state index contributed by atoms with van der Waals surface area (Å²) in [5, 5.41) is 11.0. The molecule has 204 valence electrons. The molecule has 0 saturated heterocycles. The number of nitrogens with zero attached hydrogens (tertiary/aromatic N) is 2. The number of rotatable bonds is 13. The molecule has 3 aromatic rings. The summed E-state index contributed by atoms with van der Waals surface area (Å²) < 4.78 is 38.4. The van der Waals surface area contributed by atoms with Gasteiger partial charge in [0.05, 0.1) is 19.3 Å². The van der Waals surface area contributed by atoms with Gasteiger partial charge in [-0.2, -0.15) is 0 Å². The molecule has 9 heteroatoms. The van der Waals surface area contributed by atoms with Crippen LogP contribution in [-0.2, 0) is 19.4 Å². The summed E-state index contributed by atoms with van der Waals surface area (Å²) >= 11 is 0. The van der Waals surface area contributed by atoms with Crippen molar-refractivity contribution in [3.8, 4) is 11.6 Å². The second-order valence-corrected chi connectivity index (χ2v) is 8.96. The number of carbonyl (C=O) groups is 1. The number of nitrogens with two attached hydrogens (primary N) is 1. The average Bonchev–Trinajstić information content (AvgIpc) is 2.87. The molecule has 1 aromatic heterocycles. The van der Waals surface area contributed by atoms with Gasteiger partial charge in [-0.15, -0.1) is 0 Å². The van der Waals surface area contributed by atoms with E-state index in [-0.39, 0.29) is 31.1 Å². The van der Waals surface area contributed by atoms with Gasteiger partial charge in [0.15, 0.2) is 0 Å². The Morgan fingerprint density at radius 1 is 0.974 bits per heavy atom. The van der Waals surface area contributed by atoms with Gasteiger partial charge in [-0.3, -0.25) is 4.79 Å². The van der Waals surface area contributed by atoms with Crippen LogP contribution >= 0.6 is 0 Å². The molecule has 2 aromatic carbocycles. The van der Waals surface area contributed by atoms with E-state index >= 15 is 0 Å². The summed E-state index contributed by atoms with van der Waals surface area (Å²) in [6.45, 7) is 6.50.